The van der Waals surface area contributed by atoms with Crippen molar-refractivity contribution in [2.45, 2.75) is 13.8 Å². The summed E-state index contributed by atoms with van der Waals surface area (Å²) in [6.07, 6.45) is 0. The first-order valence-electron chi connectivity index (χ1n) is 6.54. The Morgan fingerprint density at radius 1 is 0.952 bits per heavy atom. The molecule has 7 nitrogen and oxygen atoms in total. The number of ether oxygens (including phenoxy) is 2. The van der Waals surface area contributed by atoms with Crippen molar-refractivity contribution in [1.29, 1.82) is 0 Å². The van der Waals surface area contributed by atoms with E-state index in [1.54, 1.807) is 38.1 Å². The van der Waals surface area contributed by atoms with Gasteiger partial charge in [0.05, 0.1) is 18.9 Å². The minimum absolute atomic E-state index is 0.154. The molecule has 1 heterocycles. The first kappa shape index (κ1) is 14.7. The van der Waals surface area contributed by atoms with Gasteiger partial charge in [-0.3, -0.25) is 0 Å². The van der Waals surface area contributed by atoms with E-state index in [1.807, 2.05) is 6.07 Å². The fourth-order valence-corrected chi connectivity index (χ4v) is 1.66. The minimum Gasteiger partial charge on any atom is -0.461 e. The summed E-state index contributed by atoms with van der Waals surface area (Å²) in [6, 6.07) is 8.94. The molecule has 0 bridgehead atoms. The minimum atomic E-state index is -0.706. The van der Waals surface area contributed by atoms with Crippen LogP contribution in [0.15, 0.2) is 30.3 Å². The van der Waals surface area contributed by atoms with Crippen LogP contribution in [0.3, 0.4) is 0 Å². The summed E-state index contributed by atoms with van der Waals surface area (Å²) < 4.78 is 9.77. The van der Waals surface area contributed by atoms with Crippen molar-refractivity contribution in [3.8, 4) is 5.69 Å². The van der Waals surface area contributed by atoms with Crippen molar-refractivity contribution >= 4 is 11.9 Å². The Bertz CT molecular complexity index is 601. The van der Waals surface area contributed by atoms with Crippen molar-refractivity contribution in [2.75, 3.05) is 13.2 Å². The predicted octanol–water partition coefficient (Wildman–Crippen LogP) is 1.62. The number of carbonyl (C=O) groups excluding carboxylic acids is 2. The number of carbonyl (C=O) groups is 2. The molecule has 0 aliphatic heterocycles. The van der Waals surface area contributed by atoms with Crippen LogP contribution in [0.1, 0.15) is 34.8 Å². The maximum atomic E-state index is 11.9. The van der Waals surface area contributed by atoms with E-state index in [1.165, 1.54) is 4.80 Å². The Labute approximate surface area is 121 Å². The number of nitrogens with zero attached hydrogens (tertiary/aromatic N) is 3. The van der Waals surface area contributed by atoms with Gasteiger partial charge in [-0.2, -0.15) is 0 Å². The molecule has 7 heteroatoms. The summed E-state index contributed by atoms with van der Waals surface area (Å²) in [5, 5.41) is 8.06. The van der Waals surface area contributed by atoms with E-state index in [4.69, 9.17) is 9.47 Å². The smallest absolute Gasteiger partial charge is 0.361 e. The quantitative estimate of drug-likeness (QED) is 0.778. The number of benzene rings is 1. The van der Waals surface area contributed by atoms with E-state index in [-0.39, 0.29) is 24.6 Å². The largest absolute Gasteiger partial charge is 0.461 e. The lowest BCUT2D eigenvalue weighted by molar-refractivity contribution is 0.0471. The molecule has 2 aromatic rings. The molecule has 0 atom stereocenters. The topological polar surface area (TPSA) is 83.3 Å². The zero-order chi connectivity index (χ0) is 15.2. The monoisotopic (exact) mass is 289 g/mol. The van der Waals surface area contributed by atoms with Gasteiger partial charge in [0.15, 0.2) is 0 Å². The first-order chi connectivity index (χ1) is 10.2. The van der Waals surface area contributed by atoms with Gasteiger partial charge in [0.2, 0.25) is 11.4 Å². The van der Waals surface area contributed by atoms with Gasteiger partial charge in [-0.25, -0.2) is 9.59 Å². The predicted molar refractivity (Wildman–Crippen MR) is 73.3 cm³/mol. The molecule has 0 radical (unpaired) electrons. The van der Waals surface area contributed by atoms with Crippen LogP contribution in [-0.2, 0) is 9.47 Å². The Kier molecular flexibility index (Phi) is 4.65. The van der Waals surface area contributed by atoms with Gasteiger partial charge >= 0.3 is 11.9 Å². The molecule has 21 heavy (non-hydrogen) atoms. The molecule has 0 spiro atoms. The fourth-order valence-electron chi connectivity index (χ4n) is 1.66. The average molecular weight is 289 g/mol. The Morgan fingerprint density at radius 3 is 1.86 bits per heavy atom. The lowest BCUT2D eigenvalue weighted by Gasteiger charge is -2.00. The van der Waals surface area contributed by atoms with E-state index < -0.39 is 11.9 Å². The average Bonchev–Trinajstić information content (AvgIpc) is 2.94. The third-order valence-corrected chi connectivity index (χ3v) is 2.54. The van der Waals surface area contributed by atoms with E-state index in [2.05, 4.69) is 10.2 Å². The molecule has 1 aromatic carbocycles. The van der Waals surface area contributed by atoms with E-state index in [0.29, 0.717) is 5.69 Å². The Hall–Kier alpha value is -2.70. The van der Waals surface area contributed by atoms with Gasteiger partial charge in [0, 0.05) is 0 Å². The van der Waals surface area contributed by atoms with E-state index in [0.717, 1.165) is 0 Å². The third kappa shape index (κ3) is 3.25. The van der Waals surface area contributed by atoms with Gasteiger partial charge < -0.3 is 9.47 Å². The van der Waals surface area contributed by atoms with Crippen molar-refractivity contribution < 1.29 is 19.1 Å². The molecule has 2 rings (SSSR count). The summed E-state index contributed by atoms with van der Waals surface area (Å²) in [4.78, 5) is 25.0. The molecule has 110 valence electrons. The van der Waals surface area contributed by atoms with Crippen molar-refractivity contribution in [3.63, 3.8) is 0 Å². The van der Waals surface area contributed by atoms with Gasteiger partial charge in [-0.1, -0.05) is 18.2 Å². The summed E-state index contributed by atoms with van der Waals surface area (Å²) in [5.41, 5.74) is 0.317. The van der Waals surface area contributed by atoms with Crippen molar-refractivity contribution in [3.05, 3.63) is 41.7 Å². The molecule has 0 amide bonds. The molecule has 0 unspecified atom stereocenters. The lowest BCUT2D eigenvalue weighted by Crippen LogP contribution is -2.13. The summed E-state index contributed by atoms with van der Waals surface area (Å²) in [6.45, 7) is 3.70. The zero-order valence-electron chi connectivity index (χ0n) is 11.8. The fraction of sp³-hybridized carbons (Fsp3) is 0.286. The highest BCUT2D eigenvalue weighted by Gasteiger charge is 2.26. The third-order valence-electron chi connectivity index (χ3n) is 2.54. The van der Waals surface area contributed by atoms with Crippen LogP contribution in [0.2, 0.25) is 0 Å². The summed E-state index contributed by atoms with van der Waals surface area (Å²) in [5.74, 6) is -1.41. The second kappa shape index (κ2) is 6.65. The second-order valence-corrected chi connectivity index (χ2v) is 3.96. The number of hydrogen-bond acceptors (Lipinski definition) is 6. The standard InChI is InChI=1S/C14H15N3O4/c1-3-20-13(18)11-12(14(19)21-4-2)16-17(15-11)10-8-6-5-7-9-10/h5-9H,3-4H2,1-2H3. The van der Waals surface area contributed by atoms with Gasteiger partial charge in [-0.05, 0) is 26.0 Å². The van der Waals surface area contributed by atoms with Crippen LogP contribution >= 0.6 is 0 Å². The normalized spacial score (nSPS) is 10.2. The van der Waals surface area contributed by atoms with Crippen molar-refractivity contribution in [1.82, 2.24) is 15.0 Å². The van der Waals surface area contributed by atoms with E-state index >= 15 is 0 Å². The number of rotatable bonds is 5. The number of hydrogen-bond donors (Lipinski definition) is 0. The molecule has 0 saturated heterocycles. The van der Waals surface area contributed by atoms with Crippen LogP contribution < -0.4 is 0 Å². The van der Waals surface area contributed by atoms with Crippen LogP contribution in [-0.4, -0.2) is 40.1 Å². The van der Waals surface area contributed by atoms with Crippen LogP contribution in [0.5, 0.6) is 0 Å². The highest BCUT2D eigenvalue weighted by molar-refractivity contribution is 6.00. The molecule has 1 aromatic heterocycles. The van der Waals surface area contributed by atoms with Crippen molar-refractivity contribution in [2.24, 2.45) is 0 Å². The van der Waals surface area contributed by atoms with Gasteiger partial charge in [0.1, 0.15) is 0 Å². The molecule has 0 aliphatic rings. The maximum Gasteiger partial charge on any atom is 0.361 e. The number of para-hydroxylation sites is 1. The highest BCUT2D eigenvalue weighted by Crippen LogP contribution is 2.11. The Balaban J connectivity index is 2.44. The second-order valence-electron chi connectivity index (χ2n) is 3.96. The molecular formula is C14H15N3O4. The van der Waals surface area contributed by atoms with Gasteiger partial charge in [0.25, 0.3) is 0 Å². The molecular weight excluding hydrogens is 274 g/mol. The zero-order valence-corrected chi connectivity index (χ0v) is 11.8. The summed E-state index contributed by atoms with van der Waals surface area (Å²) >= 11 is 0. The van der Waals surface area contributed by atoms with Crippen LogP contribution in [0.4, 0.5) is 0 Å². The van der Waals surface area contributed by atoms with Crippen LogP contribution in [0, 0.1) is 0 Å². The molecule has 0 fully saturated rings. The number of esters is 2. The molecule has 0 saturated carbocycles. The Morgan fingerprint density at radius 2 is 1.43 bits per heavy atom. The summed E-state index contributed by atoms with van der Waals surface area (Å²) in [7, 11) is 0. The van der Waals surface area contributed by atoms with Crippen LogP contribution in [0.25, 0.3) is 5.69 Å². The molecule has 0 aliphatic carbocycles. The maximum absolute atomic E-state index is 11.9. The lowest BCUT2D eigenvalue weighted by atomic mass is 10.3. The van der Waals surface area contributed by atoms with E-state index in [9.17, 15) is 9.59 Å². The number of aromatic nitrogens is 3. The van der Waals surface area contributed by atoms with Gasteiger partial charge in [-0.15, -0.1) is 15.0 Å². The molecule has 0 N–H and O–H groups in total. The highest BCUT2D eigenvalue weighted by atomic mass is 16.5. The first-order valence-corrected chi connectivity index (χ1v) is 6.54. The SMILES string of the molecule is CCOC(=O)c1nn(-c2ccccc2)nc1C(=O)OCC.